The van der Waals surface area contributed by atoms with Gasteiger partial charge in [-0.3, -0.25) is 4.79 Å². The number of aryl methyl sites for hydroxylation is 1. The molecule has 5 nitrogen and oxygen atoms in total. The van der Waals surface area contributed by atoms with Crippen LogP contribution in [-0.4, -0.2) is 39.5 Å². The van der Waals surface area contributed by atoms with E-state index in [1.807, 2.05) is 23.1 Å². The fourth-order valence-corrected chi connectivity index (χ4v) is 3.92. The van der Waals surface area contributed by atoms with E-state index in [-0.39, 0.29) is 11.9 Å². The predicted molar refractivity (Wildman–Crippen MR) is 107 cm³/mol. The highest BCUT2D eigenvalue weighted by Gasteiger charge is 2.22. The monoisotopic (exact) mass is 416 g/mol. The van der Waals surface area contributed by atoms with Crippen molar-refractivity contribution in [3.05, 3.63) is 65.2 Å². The van der Waals surface area contributed by atoms with Gasteiger partial charge in [0.2, 0.25) is 0 Å². The van der Waals surface area contributed by atoms with Crippen molar-refractivity contribution < 1.29 is 18.0 Å². The third-order valence-electron chi connectivity index (χ3n) is 5.50. The molecule has 2 aliphatic rings. The number of hydrogen-bond acceptors (Lipinski definition) is 3. The molecule has 5 rings (SSSR count). The van der Waals surface area contributed by atoms with Gasteiger partial charge < -0.3 is 15.2 Å². The molecule has 8 heteroatoms. The van der Waals surface area contributed by atoms with E-state index < -0.39 is 17.5 Å². The van der Waals surface area contributed by atoms with Crippen molar-refractivity contribution in [1.29, 1.82) is 0 Å². The van der Waals surface area contributed by atoms with Gasteiger partial charge >= 0.3 is 0 Å². The summed E-state index contributed by atoms with van der Waals surface area (Å²) < 4.78 is 38.1. The molecule has 2 aliphatic heterocycles. The molecular formula is C22H23F3N4O. The largest absolute Gasteiger partial charge is 0.339 e. The minimum absolute atomic E-state index is 0.136. The molecule has 2 N–H and O–H groups in total. The summed E-state index contributed by atoms with van der Waals surface area (Å²) in [4.78, 5) is 19.1. The van der Waals surface area contributed by atoms with Gasteiger partial charge in [0.1, 0.15) is 11.6 Å². The second-order valence-electron chi connectivity index (χ2n) is 7.70. The van der Waals surface area contributed by atoms with Gasteiger partial charge in [0.25, 0.3) is 5.91 Å². The van der Waals surface area contributed by atoms with Crippen molar-refractivity contribution in [2.45, 2.75) is 38.3 Å². The third-order valence-corrected chi connectivity index (χ3v) is 5.50. The van der Waals surface area contributed by atoms with E-state index in [0.29, 0.717) is 6.07 Å². The molecule has 30 heavy (non-hydrogen) atoms. The van der Waals surface area contributed by atoms with Gasteiger partial charge in [0.15, 0.2) is 11.6 Å². The number of carbonyl (C=O) groups is 1. The number of amides is 1. The van der Waals surface area contributed by atoms with E-state index in [2.05, 4.69) is 4.57 Å². The molecule has 3 aromatic rings. The van der Waals surface area contributed by atoms with Crippen LogP contribution in [-0.2, 0) is 13.0 Å². The summed E-state index contributed by atoms with van der Waals surface area (Å²) in [7, 11) is 0. The lowest BCUT2D eigenvalue weighted by molar-refractivity contribution is 0.0793. The van der Waals surface area contributed by atoms with Gasteiger partial charge in [-0.1, -0.05) is 0 Å². The Bertz CT molecular complexity index is 1080. The van der Waals surface area contributed by atoms with Gasteiger partial charge in [-0.05, 0) is 49.6 Å². The molecule has 0 radical (unpaired) electrons. The summed E-state index contributed by atoms with van der Waals surface area (Å²) in [5, 5.41) is 0. The summed E-state index contributed by atoms with van der Waals surface area (Å²) in [5.74, 6) is -1.73. The fourth-order valence-electron chi connectivity index (χ4n) is 3.92. The van der Waals surface area contributed by atoms with Gasteiger partial charge in [-0.2, -0.15) is 0 Å². The van der Waals surface area contributed by atoms with Crippen molar-refractivity contribution in [1.82, 2.24) is 14.5 Å². The number of rotatable bonds is 1. The van der Waals surface area contributed by atoms with E-state index in [1.165, 1.54) is 0 Å². The second kappa shape index (κ2) is 8.47. The molecule has 1 saturated heterocycles. The van der Waals surface area contributed by atoms with Crippen LogP contribution >= 0.6 is 0 Å². The molecule has 0 bridgehead atoms. The summed E-state index contributed by atoms with van der Waals surface area (Å²) in [6, 6.07) is 8.19. The molecule has 158 valence electrons. The summed E-state index contributed by atoms with van der Waals surface area (Å²) in [6.45, 7) is 2.59. The second-order valence-corrected chi connectivity index (χ2v) is 7.70. The lowest BCUT2D eigenvalue weighted by atomic mass is 10.1. The molecule has 0 saturated carbocycles. The van der Waals surface area contributed by atoms with Crippen LogP contribution in [0.15, 0.2) is 36.4 Å². The van der Waals surface area contributed by atoms with Crippen LogP contribution in [0.3, 0.4) is 0 Å². The number of imidazole rings is 1. The number of halogens is 3. The number of carbonyl (C=O) groups excluding carboxylic acids is 1. The SMILES string of the molecule is Fc1ccc(F)c(F)c1.N[C@@H]1CCc2nc3cc(C(=O)N4CCCC4)ccc3n2C1. The van der Waals surface area contributed by atoms with Crippen LogP contribution in [0.5, 0.6) is 0 Å². The Morgan fingerprint density at radius 2 is 1.80 bits per heavy atom. The van der Waals surface area contributed by atoms with Crippen molar-refractivity contribution in [2.24, 2.45) is 5.73 Å². The molecule has 1 atom stereocenters. The maximum absolute atomic E-state index is 12.5. The fraction of sp³-hybridized carbons (Fsp3) is 0.364. The predicted octanol–water partition coefficient (Wildman–Crippen LogP) is 3.65. The lowest BCUT2D eigenvalue weighted by Gasteiger charge is -2.20. The Labute approximate surface area is 172 Å². The van der Waals surface area contributed by atoms with Crippen molar-refractivity contribution in [3.8, 4) is 0 Å². The number of aromatic nitrogens is 2. The Morgan fingerprint density at radius 1 is 1.03 bits per heavy atom. The highest BCUT2D eigenvalue weighted by Crippen LogP contribution is 2.24. The van der Waals surface area contributed by atoms with Crippen LogP contribution in [0.4, 0.5) is 13.2 Å². The van der Waals surface area contributed by atoms with Crippen LogP contribution in [0.1, 0.15) is 35.4 Å². The molecule has 1 amide bonds. The molecule has 0 unspecified atom stereocenters. The van der Waals surface area contributed by atoms with Gasteiger partial charge in [-0.25, -0.2) is 18.2 Å². The number of fused-ring (bicyclic) bond motifs is 3. The highest BCUT2D eigenvalue weighted by molar-refractivity contribution is 5.97. The number of nitrogens with zero attached hydrogens (tertiary/aromatic N) is 3. The Kier molecular flexibility index (Phi) is 5.76. The van der Waals surface area contributed by atoms with Crippen molar-refractivity contribution in [2.75, 3.05) is 13.1 Å². The average molecular weight is 416 g/mol. The summed E-state index contributed by atoms with van der Waals surface area (Å²) >= 11 is 0. The Morgan fingerprint density at radius 3 is 2.50 bits per heavy atom. The van der Waals surface area contributed by atoms with E-state index in [0.717, 1.165) is 79.9 Å². The molecule has 0 spiro atoms. The number of nitrogens with two attached hydrogens (primary N) is 1. The number of hydrogen-bond donors (Lipinski definition) is 1. The zero-order valence-electron chi connectivity index (χ0n) is 16.5. The molecule has 0 aliphatic carbocycles. The van der Waals surface area contributed by atoms with Gasteiger partial charge in [0, 0.05) is 43.7 Å². The van der Waals surface area contributed by atoms with Gasteiger partial charge in [0.05, 0.1) is 11.0 Å². The third kappa shape index (κ3) is 4.18. The maximum atomic E-state index is 12.5. The highest BCUT2D eigenvalue weighted by atomic mass is 19.2. The average Bonchev–Trinajstić information content (AvgIpc) is 3.38. The zero-order chi connectivity index (χ0) is 21.3. The first kappa shape index (κ1) is 20.4. The van der Waals surface area contributed by atoms with E-state index in [4.69, 9.17) is 10.7 Å². The Balaban J connectivity index is 0.000000204. The van der Waals surface area contributed by atoms with E-state index >= 15 is 0 Å². The maximum Gasteiger partial charge on any atom is 0.253 e. The minimum atomic E-state index is -1.16. The van der Waals surface area contributed by atoms with Gasteiger partial charge in [-0.15, -0.1) is 0 Å². The molecule has 1 fully saturated rings. The summed E-state index contributed by atoms with van der Waals surface area (Å²) in [6.07, 6.45) is 4.14. The van der Waals surface area contributed by atoms with Crippen LogP contribution in [0.2, 0.25) is 0 Å². The van der Waals surface area contributed by atoms with Crippen molar-refractivity contribution in [3.63, 3.8) is 0 Å². The Hall–Kier alpha value is -2.87. The number of likely N-dealkylation sites (tertiary alicyclic amines) is 1. The lowest BCUT2D eigenvalue weighted by Crippen LogP contribution is -2.31. The first-order valence-electron chi connectivity index (χ1n) is 10.1. The topological polar surface area (TPSA) is 64.2 Å². The standard InChI is InChI=1S/C16H20N4O.C6H3F3/c17-12-4-6-15-18-13-9-11(3-5-14(13)20(15)10-12)16(21)19-7-1-2-8-19;7-4-1-2-5(8)6(9)3-4/h3,5,9,12H,1-2,4,6-8,10,17H2;1-3H/t12-;/m1./s1. The first-order valence-corrected chi connectivity index (χ1v) is 10.1. The minimum Gasteiger partial charge on any atom is -0.339 e. The quantitative estimate of drug-likeness (QED) is 0.616. The van der Waals surface area contributed by atoms with E-state index in [9.17, 15) is 18.0 Å². The van der Waals surface area contributed by atoms with Crippen LogP contribution < -0.4 is 5.73 Å². The molecule has 3 heterocycles. The molecule has 2 aromatic carbocycles. The summed E-state index contributed by atoms with van der Waals surface area (Å²) in [5.41, 5.74) is 8.82. The number of benzene rings is 2. The normalized spacial score (nSPS) is 18.1. The van der Waals surface area contributed by atoms with Crippen LogP contribution in [0.25, 0.3) is 11.0 Å². The first-order chi connectivity index (χ1) is 14.4. The van der Waals surface area contributed by atoms with Crippen molar-refractivity contribution >= 4 is 16.9 Å². The smallest absolute Gasteiger partial charge is 0.253 e. The van der Waals surface area contributed by atoms with Crippen LogP contribution in [0, 0.1) is 17.5 Å². The molecular weight excluding hydrogens is 393 g/mol. The zero-order valence-corrected chi connectivity index (χ0v) is 16.5. The van der Waals surface area contributed by atoms with E-state index in [1.54, 1.807) is 0 Å². The molecule has 1 aromatic heterocycles.